The first kappa shape index (κ1) is 13.6. The second-order valence-corrected chi connectivity index (χ2v) is 6.18. The van der Waals surface area contributed by atoms with E-state index in [-0.39, 0.29) is 5.92 Å². The molecule has 2 aliphatic rings. The van der Waals surface area contributed by atoms with Crippen molar-refractivity contribution >= 4 is 5.91 Å². The molecular formula is C17H23NO2. The molecule has 3 nitrogen and oxygen atoms in total. The van der Waals surface area contributed by atoms with Crippen LogP contribution in [0.5, 0.6) is 0 Å². The van der Waals surface area contributed by atoms with E-state index in [1.165, 1.54) is 16.7 Å². The Morgan fingerprint density at radius 1 is 1.25 bits per heavy atom. The zero-order valence-corrected chi connectivity index (χ0v) is 12.4. The van der Waals surface area contributed by atoms with Crippen molar-refractivity contribution in [3.05, 3.63) is 34.9 Å². The van der Waals surface area contributed by atoms with Crippen LogP contribution >= 0.6 is 0 Å². The summed E-state index contributed by atoms with van der Waals surface area (Å²) in [7, 11) is 0. The lowest BCUT2D eigenvalue weighted by molar-refractivity contribution is -0.136. The monoisotopic (exact) mass is 273 g/mol. The lowest BCUT2D eigenvalue weighted by atomic mass is 10.0. The van der Waals surface area contributed by atoms with E-state index >= 15 is 0 Å². The Hall–Kier alpha value is -1.35. The summed E-state index contributed by atoms with van der Waals surface area (Å²) < 4.78 is 5.37. The number of ether oxygens (including phenoxy) is 1. The summed E-state index contributed by atoms with van der Waals surface area (Å²) in [6.45, 7) is 6.35. The smallest absolute Gasteiger partial charge is 0.228 e. The van der Waals surface area contributed by atoms with E-state index in [0.29, 0.717) is 18.6 Å². The summed E-state index contributed by atoms with van der Waals surface area (Å²) in [6, 6.07) is 6.97. The molecule has 1 amide bonds. The number of amides is 1. The van der Waals surface area contributed by atoms with Gasteiger partial charge in [-0.2, -0.15) is 0 Å². The molecule has 0 radical (unpaired) electrons. The fraction of sp³-hybridized carbons (Fsp3) is 0.588. The van der Waals surface area contributed by atoms with Crippen molar-refractivity contribution in [1.82, 2.24) is 4.90 Å². The van der Waals surface area contributed by atoms with Crippen molar-refractivity contribution in [3.8, 4) is 0 Å². The molecule has 1 aromatic carbocycles. The zero-order valence-electron chi connectivity index (χ0n) is 12.4. The molecule has 1 aliphatic heterocycles. The van der Waals surface area contributed by atoms with E-state index in [4.69, 9.17) is 4.74 Å². The number of aryl methyl sites for hydroxylation is 2. The van der Waals surface area contributed by atoms with Crippen LogP contribution in [0.1, 0.15) is 36.0 Å². The van der Waals surface area contributed by atoms with Gasteiger partial charge in [0.25, 0.3) is 0 Å². The fourth-order valence-electron chi connectivity index (χ4n) is 2.84. The van der Waals surface area contributed by atoms with Gasteiger partial charge in [0.1, 0.15) is 0 Å². The van der Waals surface area contributed by atoms with Gasteiger partial charge in [-0.05, 0) is 49.8 Å². The molecule has 1 saturated carbocycles. The average Bonchev–Trinajstić information content (AvgIpc) is 3.13. The third-order valence-corrected chi connectivity index (χ3v) is 4.47. The molecule has 2 fully saturated rings. The van der Waals surface area contributed by atoms with Gasteiger partial charge < -0.3 is 9.64 Å². The maximum atomic E-state index is 12.6. The highest BCUT2D eigenvalue weighted by Crippen LogP contribution is 2.31. The number of hydrogen-bond donors (Lipinski definition) is 0. The molecule has 0 N–H and O–H groups in total. The Balaban J connectivity index is 1.73. The molecular weight excluding hydrogens is 250 g/mol. The van der Waals surface area contributed by atoms with Crippen LogP contribution in [0.2, 0.25) is 0 Å². The van der Waals surface area contributed by atoms with Crippen LogP contribution in [0, 0.1) is 19.8 Å². The average molecular weight is 273 g/mol. The van der Waals surface area contributed by atoms with Crippen LogP contribution in [-0.4, -0.2) is 30.1 Å². The normalized spacial score (nSPS) is 22.0. The van der Waals surface area contributed by atoms with Gasteiger partial charge in [0.05, 0.1) is 12.5 Å². The van der Waals surface area contributed by atoms with Crippen LogP contribution in [0.25, 0.3) is 0 Å². The van der Waals surface area contributed by atoms with E-state index in [0.717, 1.165) is 32.4 Å². The molecule has 0 unspecified atom stereocenters. The molecule has 1 aliphatic carbocycles. The third kappa shape index (κ3) is 2.88. The molecule has 0 spiro atoms. The highest BCUT2D eigenvalue weighted by Gasteiger charge is 2.36. The minimum Gasteiger partial charge on any atom is -0.381 e. The number of benzene rings is 1. The topological polar surface area (TPSA) is 29.5 Å². The Bertz CT molecular complexity index is 502. The summed E-state index contributed by atoms with van der Waals surface area (Å²) in [6.07, 6.45) is 3.20. The largest absolute Gasteiger partial charge is 0.381 e. The molecule has 1 atom stereocenters. The van der Waals surface area contributed by atoms with E-state index in [1.54, 1.807) is 0 Å². The van der Waals surface area contributed by atoms with E-state index < -0.39 is 0 Å². The second-order valence-electron chi connectivity index (χ2n) is 6.18. The van der Waals surface area contributed by atoms with Gasteiger partial charge >= 0.3 is 0 Å². The van der Waals surface area contributed by atoms with Crippen molar-refractivity contribution in [3.63, 3.8) is 0 Å². The lowest BCUT2D eigenvalue weighted by Crippen LogP contribution is -2.37. The molecule has 3 heteroatoms. The third-order valence-electron chi connectivity index (χ3n) is 4.47. The summed E-state index contributed by atoms with van der Waals surface area (Å²) in [5.41, 5.74) is 3.85. The van der Waals surface area contributed by atoms with Crippen LogP contribution in [0.3, 0.4) is 0 Å². The van der Waals surface area contributed by atoms with Gasteiger partial charge in [-0.1, -0.05) is 18.2 Å². The van der Waals surface area contributed by atoms with Crippen molar-refractivity contribution in [2.45, 2.75) is 45.7 Å². The molecule has 0 bridgehead atoms. The SMILES string of the molecule is Cc1ccc(CN(C(=O)[C@@H]2CCOC2)C2CC2)cc1C. The van der Waals surface area contributed by atoms with Gasteiger partial charge in [0.15, 0.2) is 0 Å². The predicted molar refractivity (Wildman–Crippen MR) is 78.4 cm³/mol. The summed E-state index contributed by atoms with van der Waals surface area (Å²) in [5.74, 6) is 0.380. The molecule has 1 aromatic rings. The van der Waals surface area contributed by atoms with Gasteiger partial charge in [0, 0.05) is 19.2 Å². The van der Waals surface area contributed by atoms with Crippen molar-refractivity contribution in [2.75, 3.05) is 13.2 Å². The minimum atomic E-state index is 0.0853. The molecule has 1 saturated heterocycles. The van der Waals surface area contributed by atoms with Crippen LogP contribution in [0.15, 0.2) is 18.2 Å². The van der Waals surface area contributed by atoms with E-state index in [2.05, 4.69) is 36.9 Å². The van der Waals surface area contributed by atoms with Crippen LogP contribution in [0.4, 0.5) is 0 Å². The van der Waals surface area contributed by atoms with E-state index in [9.17, 15) is 4.79 Å². The maximum Gasteiger partial charge on any atom is 0.228 e. The number of carbonyl (C=O) groups excluding carboxylic acids is 1. The Labute approximate surface area is 120 Å². The first-order chi connectivity index (χ1) is 9.65. The van der Waals surface area contributed by atoms with Gasteiger partial charge in [-0.3, -0.25) is 4.79 Å². The van der Waals surface area contributed by atoms with E-state index in [1.807, 2.05) is 0 Å². The number of carbonyl (C=O) groups is 1. The van der Waals surface area contributed by atoms with Crippen LogP contribution < -0.4 is 0 Å². The van der Waals surface area contributed by atoms with Crippen molar-refractivity contribution in [2.24, 2.45) is 5.92 Å². The van der Waals surface area contributed by atoms with Gasteiger partial charge in [-0.15, -0.1) is 0 Å². The standard InChI is InChI=1S/C17H23NO2/c1-12-3-4-14(9-13(12)2)10-18(16-5-6-16)17(19)15-7-8-20-11-15/h3-4,9,15-16H,5-8,10-11H2,1-2H3/t15-/m1/s1. The fourth-order valence-corrected chi connectivity index (χ4v) is 2.84. The zero-order chi connectivity index (χ0) is 14.1. The lowest BCUT2D eigenvalue weighted by Gasteiger charge is -2.25. The van der Waals surface area contributed by atoms with Crippen molar-refractivity contribution in [1.29, 1.82) is 0 Å². The summed E-state index contributed by atoms with van der Waals surface area (Å²) >= 11 is 0. The Kier molecular flexibility index (Phi) is 3.79. The van der Waals surface area contributed by atoms with Crippen molar-refractivity contribution < 1.29 is 9.53 Å². The molecule has 108 valence electrons. The first-order valence-electron chi connectivity index (χ1n) is 7.59. The van der Waals surface area contributed by atoms with Gasteiger partial charge in [-0.25, -0.2) is 0 Å². The summed E-state index contributed by atoms with van der Waals surface area (Å²) in [5, 5.41) is 0. The highest BCUT2D eigenvalue weighted by atomic mass is 16.5. The Morgan fingerprint density at radius 3 is 2.65 bits per heavy atom. The van der Waals surface area contributed by atoms with Gasteiger partial charge in [0.2, 0.25) is 5.91 Å². The predicted octanol–water partition coefficient (Wildman–Crippen LogP) is 2.83. The Morgan fingerprint density at radius 2 is 2.05 bits per heavy atom. The number of hydrogen-bond acceptors (Lipinski definition) is 2. The number of nitrogens with zero attached hydrogens (tertiary/aromatic N) is 1. The highest BCUT2D eigenvalue weighted by molar-refractivity contribution is 5.80. The second kappa shape index (κ2) is 5.57. The van der Waals surface area contributed by atoms with Crippen LogP contribution in [-0.2, 0) is 16.1 Å². The minimum absolute atomic E-state index is 0.0853. The molecule has 1 heterocycles. The first-order valence-corrected chi connectivity index (χ1v) is 7.59. The maximum absolute atomic E-state index is 12.6. The number of rotatable bonds is 4. The molecule has 0 aromatic heterocycles. The molecule has 3 rings (SSSR count). The quantitative estimate of drug-likeness (QED) is 0.844. The molecule has 20 heavy (non-hydrogen) atoms. The summed E-state index contributed by atoms with van der Waals surface area (Å²) in [4.78, 5) is 14.7.